The van der Waals surface area contributed by atoms with Gasteiger partial charge in [0.1, 0.15) is 17.1 Å². The lowest BCUT2D eigenvalue weighted by atomic mass is 9.96. The third-order valence-electron chi connectivity index (χ3n) is 5.55. The number of imidazole rings is 1. The molecule has 3 rings (SSSR count). The zero-order valence-corrected chi connectivity index (χ0v) is 19.4. The molecule has 2 aromatic carbocycles. The molecule has 0 spiro atoms. The Hall–Kier alpha value is -3.78. The average Bonchev–Trinajstić information content (AvgIpc) is 3.16. The van der Waals surface area contributed by atoms with Crippen LogP contribution >= 0.6 is 0 Å². The van der Waals surface area contributed by atoms with Gasteiger partial charge in [-0.15, -0.1) is 0 Å². The monoisotopic (exact) mass is 464 g/mol. The first kappa shape index (κ1) is 24.9. The van der Waals surface area contributed by atoms with Crippen molar-refractivity contribution < 1.29 is 29.7 Å². The third-order valence-corrected chi connectivity index (χ3v) is 5.55. The molecule has 1 heterocycles. The van der Waals surface area contributed by atoms with Gasteiger partial charge in [-0.1, -0.05) is 61.9 Å². The van der Waals surface area contributed by atoms with Crippen molar-refractivity contribution in [2.75, 3.05) is 0 Å². The van der Waals surface area contributed by atoms with Gasteiger partial charge >= 0.3 is 11.9 Å². The zero-order valence-electron chi connectivity index (χ0n) is 19.4. The highest BCUT2D eigenvalue weighted by molar-refractivity contribution is 6.41. The van der Waals surface area contributed by atoms with Crippen molar-refractivity contribution in [1.29, 1.82) is 0 Å². The van der Waals surface area contributed by atoms with Crippen molar-refractivity contribution in [3.8, 4) is 11.1 Å². The molecule has 178 valence electrons. The number of aliphatic carboxylic acids is 1. The first-order chi connectivity index (χ1) is 16.0. The predicted molar refractivity (Wildman–Crippen MR) is 126 cm³/mol. The van der Waals surface area contributed by atoms with Gasteiger partial charge in [-0.3, -0.25) is 4.79 Å². The number of benzene rings is 2. The van der Waals surface area contributed by atoms with Crippen molar-refractivity contribution in [3.05, 3.63) is 76.9 Å². The van der Waals surface area contributed by atoms with E-state index in [9.17, 15) is 24.6 Å². The standard InChI is InChI=1S/C26H28N2O6/c1-4-5-10-20-27-23(26(2,3)34)21(24(30)31)28(20)15-16-11-13-17(14-12-16)18-8-6-7-9-19(18)22(29)25(32)33/h6-9,11-14,34H,4-5,10,15H2,1-3H3,(H,30,31)(H,32,33). The summed E-state index contributed by atoms with van der Waals surface area (Å²) in [6, 6.07) is 13.6. The largest absolute Gasteiger partial charge is 0.477 e. The lowest BCUT2D eigenvalue weighted by Gasteiger charge is -2.16. The second-order valence-electron chi connectivity index (χ2n) is 8.66. The molecule has 0 fully saturated rings. The van der Waals surface area contributed by atoms with Gasteiger partial charge in [0.2, 0.25) is 0 Å². The number of unbranched alkanes of at least 4 members (excludes halogenated alkanes) is 1. The number of rotatable bonds is 10. The fraction of sp³-hybridized carbons (Fsp3) is 0.308. The van der Waals surface area contributed by atoms with Crippen LogP contribution in [-0.2, 0) is 23.4 Å². The van der Waals surface area contributed by atoms with Crippen molar-refractivity contribution in [1.82, 2.24) is 9.55 Å². The quantitative estimate of drug-likeness (QED) is 0.304. The summed E-state index contributed by atoms with van der Waals surface area (Å²) in [6.45, 7) is 5.30. The van der Waals surface area contributed by atoms with Crippen molar-refractivity contribution in [3.63, 3.8) is 0 Å². The van der Waals surface area contributed by atoms with Gasteiger partial charge in [0.05, 0.1) is 0 Å². The van der Waals surface area contributed by atoms with Gasteiger partial charge in [0, 0.05) is 18.5 Å². The predicted octanol–water partition coefficient (Wildman–Crippen LogP) is 4.13. The van der Waals surface area contributed by atoms with Crippen LogP contribution in [0.15, 0.2) is 48.5 Å². The number of carboxylic acids is 2. The summed E-state index contributed by atoms with van der Waals surface area (Å²) in [4.78, 5) is 39.9. The molecular weight excluding hydrogens is 436 g/mol. The van der Waals surface area contributed by atoms with Gasteiger partial charge < -0.3 is 19.9 Å². The van der Waals surface area contributed by atoms with Crippen LogP contribution in [-0.4, -0.2) is 42.6 Å². The Bertz CT molecular complexity index is 1220. The van der Waals surface area contributed by atoms with Crippen molar-refractivity contribution >= 4 is 17.7 Å². The Balaban J connectivity index is 2.01. The smallest absolute Gasteiger partial charge is 0.377 e. The molecule has 0 saturated heterocycles. The minimum Gasteiger partial charge on any atom is -0.477 e. The minimum atomic E-state index is -1.52. The average molecular weight is 465 g/mol. The van der Waals surface area contributed by atoms with Crippen LogP contribution < -0.4 is 0 Å². The lowest BCUT2D eigenvalue weighted by molar-refractivity contribution is -0.131. The summed E-state index contributed by atoms with van der Waals surface area (Å²) >= 11 is 0. The van der Waals surface area contributed by atoms with Gasteiger partial charge in [-0.25, -0.2) is 14.6 Å². The first-order valence-corrected chi connectivity index (χ1v) is 11.1. The Kier molecular flexibility index (Phi) is 7.32. The number of Topliss-reactive ketones (excluding diaryl/α,β-unsaturated/α-hetero) is 1. The summed E-state index contributed by atoms with van der Waals surface area (Å²) in [5.41, 5.74) is 0.742. The number of ketones is 1. The third kappa shape index (κ3) is 5.23. The molecule has 34 heavy (non-hydrogen) atoms. The lowest BCUT2D eigenvalue weighted by Crippen LogP contribution is -2.22. The molecule has 0 amide bonds. The number of hydrogen-bond acceptors (Lipinski definition) is 5. The molecule has 0 atom stereocenters. The highest BCUT2D eigenvalue weighted by Crippen LogP contribution is 2.28. The Morgan fingerprint density at radius 1 is 1.00 bits per heavy atom. The first-order valence-electron chi connectivity index (χ1n) is 11.1. The molecule has 8 heteroatoms. The summed E-state index contributed by atoms with van der Waals surface area (Å²) in [5.74, 6) is -3.07. The van der Waals surface area contributed by atoms with E-state index in [1.54, 1.807) is 47.0 Å². The van der Waals surface area contributed by atoms with E-state index in [-0.39, 0.29) is 23.5 Å². The molecule has 0 bridgehead atoms. The Morgan fingerprint density at radius 3 is 2.21 bits per heavy atom. The SMILES string of the molecule is CCCCc1nc(C(C)(C)O)c(C(=O)O)n1Cc1ccc(-c2ccccc2C(=O)C(=O)O)cc1. The van der Waals surface area contributed by atoms with Gasteiger partial charge in [0.25, 0.3) is 5.78 Å². The summed E-state index contributed by atoms with van der Waals surface area (Å²) in [7, 11) is 0. The molecule has 3 aromatic rings. The number of hydrogen-bond donors (Lipinski definition) is 3. The van der Waals surface area contributed by atoms with E-state index in [0.29, 0.717) is 23.4 Å². The maximum atomic E-state index is 12.1. The van der Waals surface area contributed by atoms with Crippen LogP contribution in [0.1, 0.15) is 71.5 Å². The topological polar surface area (TPSA) is 130 Å². The second kappa shape index (κ2) is 10.0. The highest BCUT2D eigenvalue weighted by atomic mass is 16.4. The molecule has 0 aliphatic rings. The summed E-state index contributed by atoms with van der Waals surface area (Å²) in [5, 5.41) is 29.5. The number of carbonyl (C=O) groups is 3. The van der Waals surface area contributed by atoms with Gasteiger partial charge in [-0.2, -0.15) is 0 Å². The van der Waals surface area contributed by atoms with Crippen LogP contribution in [0.25, 0.3) is 11.1 Å². The fourth-order valence-corrected chi connectivity index (χ4v) is 3.86. The molecule has 8 nitrogen and oxygen atoms in total. The number of aromatic nitrogens is 2. The number of carboxylic acid groups (broad SMARTS) is 2. The van der Waals surface area contributed by atoms with Crippen molar-refractivity contribution in [2.45, 2.75) is 52.2 Å². The molecular formula is C26H28N2O6. The molecule has 0 aliphatic carbocycles. The van der Waals surface area contributed by atoms with Gasteiger partial charge in [-0.05, 0) is 37.0 Å². The normalized spacial score (nSPS) is 11.4. The van der Waals surface area contributed by atoms with E-state index in [4.69, 9.17) is 5.11 Å². The summed E-state index contributed by atoms with van der Waals surface area (Å²) in [6.07, 6.45) is 2.32. The summed E-state index contributed by atoms with van der Waals surface area (Å²) < 4.78 is 1.63. The number of aryl methyl sites for hydroxylation is 1. The molecule has 0 unspecified atom stereocenters. The van der Waals surface area contributed by atoms with Crippen LogP contribution in [0, 0.1) is 0 Å². The van der Waals surface area contributed by atoms with Gasteiger partial charge in [0.15, 0.2) is 5.69 Å². The van der Waals surface area contributed by atoms with E-state index in [2.05, 4.69) is 4.98 Å². The van der Waals surface area contributed by atoms with Crippen LogP contribution in [0.4, 0.5) is 0 Å². The maximum Gasteiger partial charge on any atom is 0.377 e. The number of aliphatic hydroxyl groups is 1. The van der Waals surface area contributed by atoms with E-state index < -0.39 is 23.3 Å². The fourth-order valence-electron chi connectivity index (χ4n) is 3.86. The highest BCUT2D eigenvalue weighted by Gasteiger charge is 2.31. The van der Waals surface area contributed by atoms with E-state index in [1.807, 2.05) is 6.92 Å². The van der Waals surface area contributed by atoms with E-state index in [0.717, 1.165) is 18.4 Å². The minimum absolute atomic E-state index is 0.0416. The maximum absolute atomic E-state index is 12.1. The molecule has 0 saturated carbocycles. The Labute approximate surface area is 197 Å². The van der Waals surface area contributed by atoms with E-state index in [1.165, 1.54) is 19.9 Å². The second-order valence-corrected chi connectivity index (χ2v) is 8.66. The molecule has 0 aliphatic heterocycles. The zero-order chi connectivity index (χ0) is 25.0. The van der Waals surface area contributed by atoms with Crippen molar-refractivity contribution in [2.24, 2.45) is 0 Å². The number of aromatic carboxylic acids is 1. The number of nitrogens with zero attached hydrogens (tertiary/aromatic N) is 2. The van der Waals surface area contributed by atoms with Crippen LogP contribution in [0.2, 0.25) is 0 Å². The van der Waals surface area contributed by atoms with Crippen LogP contribution in [0.5, 0.6) is 0 Å². The number of carbonyl (C=O) groups excluding carboxylic acids is 1. The van der Waals surface area contributed by atoms with Crippen LogP contribution in [0.3, 0.4) is 0 Å². The molecule has 1 aromatic heterocycles. The van der Waals surface area contributed by atoms with E-state index >= 15 is 0 Å². The molecule has 3 N–H and O–H groups in total. The Morgan fingerprint density at radius 2 is 1.65 bits per heavy atom. The molecule has 0 radical (unpaired) electrons.